The van der Waals surface area contributed by atoms with E-state index in [2.05, 4.69) is 15.2 Å². The number of halogens is 2. The van der Waals surface area contributed by atoms with E-state index in [0.717, 1.165) is 25.9 Å². The molecule has 122 valence electrons. The Morgan fingerprint density at radius 2 is 2.18 bits per heavy atom. The molecule has 0 aliphatic carbocycles. The standard InChI is InChI=1S/C15H22F2N4O/c1-19-15(18)20-14-3-2-12(10-13(14)17)22-11-4-7-21(8-5-11)9-6-16/h2-3,10-11H,4-9H2,1H3,(H3,18,19,20). The van der Waals surface area contributed by atoms with E-state index in [1.54, 1.807) is 12.1 Å². The van der Waals surface area contributed by atoms with Crippen molar-refractivity contribution in [2.24, 2.45) is 10.7 Å². The molecule has 1 aromatic carbocycles. The molecule has 0 atom stereocenters. The van der Waals surface area contributed by atoms with Crippen LogP contribution in [-0.4, -0.2) is 50.3 Å². The van der Waals surface area contributed by atoms with E-state index in [0.29, 0.717) is 12.3 Å². The number of piperidine rings is 1. The summed E-state index contributed by atoms with van der Waals surface area (Å²) in [7, 11) is 1.52. The van der Waals surface area contributed by atoms with E-state index in [4.69, 9.17) is 10.5 Å². The van der Waals surface area contributed by atoms with E-state index in [1.165, 1.54) is 13.1 Å². The van der Waals surface area contributed by atoms with Gasteiger partial charge in [-0.3, -0.25) is 4.99 Å². The third-order valence-corrected chi connectivity index (χ3v) is 3.68. The molecule has 0 spiro atoms. The number of alkyl halides is 1. The number of ether oxygens (including phenoxy) is 1. The van der Waals surface area contributed by atoms with Gasteiger partial charge in [-0.1, -0.05) is 0 Å². The number of nitrogens with one attached hydrogen (secondary N) is 1. The smallest absolute Gasteiger partial charge is 0.192 e. The van der Waals surface area contributed by atoms with E-state index in [-0.39, 0.29) is 24.4 Å². The van der Waals surface area contributed by atoms with Crippen LogP contribution in [0.4, 0.5) is 14.5 Å². The lowest BCUT2D eigenvalue weighted by molar-refractivity contribution is 0.0966. The molecule has 1 saturated heterocycles. The lowest BCUT2D eigenvalue weighted by atomic mass is 10.1. The van der Waals surface area contributed by atoms with E-state index in [1.807, 2.05) is 0 Å². The monoisotopic (exact) mass is 312 g/mol. The van der Waals surface area contributed by atoms with Crippen LogP contribution < -0.4 is 15.8 Å². The van der Waals surface area contributed by atoms with Crippen molar-refractivity contribution >= 4 is 11.6 Å². The summed E-state index contributed by atoms with van der Waals surface area (Å²) in [5.74, 6) is 0.186. The highest BCUT2D eigenvalue weighted by atomic mass is 19.1. The molecular weight excluding hydrogens is 290 g/mol. The predicted octanol–water partition coefficient (Wildman–Crippen LogP) is 1.99. The Hall–Kier alpha value is -1.89. The molecule has 5 nitrogen and oxygen atoms in total. The van der Waals surface area contributed by atoms with Crippen LogP contribution in [-0.2, 0) is 0 Å². The van der Waals surface area contributed by atoms with Gasteiger partial charge in [0.1, 0.15) is 24.3 Å². The van der Waals surface area contributed by atoms with Gasteiger partial charge >= 0.3 is 0 Å². The molecule has 1 aliphatic rings. The summed E-state index contributed by atoms with van der Waals surface area (Å²) in [4.78, 5) is 5.79. The molecule has 2 rings (SSSR count). The first kappa shape index (κ1) is 16.5. The van der Waals surface area contributed by atoms with Crippen LogP contribution in [0.1, 0.15) is 12.8 Å². The van der Waals surface area contributed by atoms with E-state index >= 15 is 0 Å². The minimum atomic E-state index is -0.445. The van der Waals surface area contributed by atoms with Crippen molar-refractivity contribution in [2.45, 2.75) is 18.9 Å². The van der Waals surface area contributed by atoms with Gasteiger partial charge in [0.15, 0.2) is 5.96 Å². The lowest BCUT2D eigenvalue weighted by Crippen LogP contribution is -2.39. The Morgan fingerprint density at radius 3 is 2.77 bits per heavy atom. The van der Waals surface area contributed by atoms with E-state index < -0.39 is 5.82 Å². The minimum Gasteiger partial charge on any atom is -0.490 e. The van der Waals surface area contributed by atoms with Gasteiger partial charge in [0.25, 0.3) is 0 Å². The number of hydrogen-bond donors (Lipinski definition) is 2. The molecule has 1 aromatic rings. The molecule has 1 fully saturated rings. The fourth-order valence-corrected chi connectivity index (χ4v) is 2.43. The predicted molar refractivity (Wildman–Crippen MR) is 83.6 cm³/mol. The Balaban J connectivity index is 1.90. The minimum absolute atomic E-state index is 0.0383. The van der Waals surface area contributed by atoms with Crippen LogP contribution in [0.3, 0.4) is 0 Å². The van der Waals surface area contributed by atoms with Crippen molar-refractivity contribution in [2.75, 3.05) is 38.7 Å². The van der Waals surface area contributed by atoms with Gasteiger partial charge in [-0.25, -0.2) is 8.78 Å². The first-order valence-electron chi connectivity index (χ1n) is 7.36. The van der Waals surface area contributed by atoms with Gasteiger partial charge in [-0.2, -0.15) is 0 Å². The highest BCUT2D eigenvalue weighted by Gasteiger charge is 2.20. The maximum atomic E-state index is 14.0. The molecule has 1 aliphatic heterocycles. The van der Waals surface area contributed by atoms with Crippen LogP contribution in [0.5, 0.6) is 5.75 Å². The quantitative estimate of drug-likeness (QED) is 0.645. The number of likely N-dealkylation sites (tertiary alicyclic amines) is 1. The third-order valence-electron chi connectivity index (χ3n) is 3.68. The number of guanidine groups is 1. The van der Waals surface area contributed by atoms with E-state index in [9.17, 15) is 8.78 Å². The Bertz CT molecular complexity index is 516. The Morgan fingerprint density at radius 1 is 1.45 bits per heavy atom. The molecule has 0 radical (unpaired) electrons. The number of anilines is 1. The number of nitrogens with zero attached hydrogens (tertiary/aromatic N) is 2. The first-order valence-corrected chi connectivity index (χ1v) is 7.36. The highest BCUT2D eigenvalue weighted by molar-refractivity contribution is 5.92. The van der Waals surface area contributed by atoms with Crippen molar-refractivity contribution in [3.63, 3.8) is 0 Å². The molecule has 0 bridgehead atoms. The maximum absolute atomic E-state index is 14.0. The van der Waals surface area contributed by atoms with Gasteiger partial charge in [0.05, 0.1) is 5.69 Å². The second kappa shape index (κ2) is 7.93. The summed E-state index contributed by atoms with van der Waals surface area (Å²) in [6.07, 6.45) is 1.67. The number of benzene rings is 1. The normalized spacial score (nSPS) is 17.5. The maximum Gasteiger partial charge on any atom is 0.192 e. The molecule has 1 heterocycles. The summed E-state index contributed by atoms with van der Waals surface area (Å²) in [6.45, 7) is 1.76. The zero-order chi connectivity index (χ0) is 15.9. The van der Waals surface area contributed by atoms with Crippen molar-refractivity contribution in [1.82, 2.24) is 4.90 Å². The van der Waals surface area contributed by atoms with Gasteiger partial charge < -0.3 is 20.7 Å². The molecular formula is C15H22F2N4O. The van der Waals surface area contributed by atoms with Gasteiger partial charge in [-0.15, -0.1) is 0 Å². The first-order chi connectivity index (χ1) is 10.6. The molecule has 0 aromatic heterocycles. The van der Waals surface area contributed by atoms with Gasteiger partial charge in [0.2, 0.25) is 0 Å². The second-order valence-electron chi connectivity index (χ2n) is 5.22. The summed E-state index contributed by atoms with van der Waals surface area (Å²) in [5.41, 5.74) is 5.77. The summed E-state index contributed by atoms with van der Waals surface area (Å²) >= 11 is 0. The van der Waals surface area contributed by atoms with Crippen LogP contribution in [0.15, 0.2) is 23.2 Å². The number of nitrogens with two attached hydrogens (primary N) is 1. The molecule has 3 N–H and O–H groups in total. The topological polar surface area (TPSA) is 62.9 Å². The highest BCUT2D eigenvalue weighted by Crippen LogP contribution is 2.24. The van der Waals surface area contributed by atoms with Crippen LogP contribution >= 0.6 is 0 Å². The zero-order valence-corrected chi connectivity index (χ0v) is 12.7. The molecule has 0 unspecified atom stereocenters. The average Bonchev–Trinajstić information content (AvgIpc) is 2.52. The van der Waals surface area contributed by atoms with Crippen LogP contribution in [0.25, 0.3) is 0 Å². The summed E-state index contributed by atoms with van der Waals surface area (Å²) < 4.78 is 32.0. The molecule has 0 saturated carbocycles. The van der Waals surface area contributed by atoms with Crippen molar-refractivity contribution in [1.29, 1.82) is 0 Å². The van der Waals surface area contributed by atoms with Gasteiger partial charge in [-0.05, 0) is 25.0 Å². The van der Waals surface area contributed by atoms with Crippen molar-refractivity contribution in [3.8, 4) is 5.75 Å². The molecule has 7 heteroatoms. The Labute approximate surface area is 129 Å². The van der Waals surface area contributed by atoms with Gasteiger partial charge in [0, 0.05) is 32.7 Å². The second-order valence-corrected chi connectivity index (χ2v) is 5.22. The molecule has 22 heavy (non-hydrogen) atoms. The van der Waals surface area contributed by atoms with Crippen molar-refractivity contribution < 1.29 is 13.5 Å². The fourth-order valence-electron chi connectivity index (χ4n) is 2.43. The number of rotatable bonds is 5. The number of hydrogen-bond acceptors (Lipinski definition) is 3. The Kier molecular flexibility index (Phi) is 5.94. The SMILES string of the molecule is CN=C(N)Nc1ccc(OC2CCN(CCF)CC2)cc1F. The van der Waals surface area contributed by atoms with Crippen LogP contribution in [0.2, 0.25) is 0 Å². The average molecular weight is 312 g/mol. The fraction of sp³-hybridized carbons (Fsp3) is 0.533. The van der Waals surface area contributed by atoms with Crippen molar-refractivity contribution in [3.05, 3.63) is 24.0 Å². The number of aliphatic imine (C=N–C) groups is 1. The molecule has 0 amide bonds. The summed E-state index contributed by atoms with van der Waals surface area (Å²) in [6, 6.07) is 4.60. The largest absolute Gasteiger partial charge is 0.490 e. The summed E-state index contributed by atoms with van der Waals surface area (Å²) in [5, 5.41) is 2.67. The zero-order valence-electron chi connectivity index (χ0n) is 12.7. The lowest BCUT2D eigenvalue weighted by Gasteiger charge is -2.31. The van der Waals surface area contributed by atoms with Crippen LogP contribution in [0, 0.1) is 5.82 Å². The third kappa shape index (κ3) is 4.56.